The zero-order valence-corrected chi connectivity index (χ0v) is 13.7. The first-order chi connectivity index (χ1) is 12.8. The second kappa shape index (κ2) is 11.3. The van der Waals surface area contributed by atoms with Gasteiger partial charge in [0.1, 0.15) is 11.5 Å². The number of benzene rings is 1. The van der Waals surface area contributed by atoms with E-state index < -0.39 is 43.2 Å². The van der Waals surface area contributed by atoms with Crippen LogP contribution in [0.15, 0.2) is 24.3 Å². The molecule has 0 aliphatic heterocycles. The molecule has 0 radical (unpaired) electrons. The summed E-state index contributed by atoms with van der Waals surface area (Å²) in [6.07, 6.45) is 1.97. The number of rotatable bonds is 10. The number of halogens is 4. The van der Waals surface area contributed by atoms with Crippen LogP contribution in [0.3, 0.4) is 0 Å². The summed E-state index contributed by atoms with van der Waals surface area (Å²) >= 11 is 0. The van der Waals surface area contributed by atoms with Crippen LogP contribution in [0.1, 0.15) is 12.0 Å². The maximum Gasteiger partial charge on any atom is 0.387 e. The second-order valence-electron chi connectivity index (χ2n) is 4.66. The van der Waals surface area contributed by atoms with E-state index >= 15 is 0 Å². The Bertz CT molecular complexity index is 719. The van der Waals surface area contributed by atoms with Gasteiger partial charge in [0.25, 0.3) is 5.91 Å². The number of esters is 1. The van der Waals surface area contributed by atoms with E-state index in [2.05, 4.69) is 19.5 Å². The molecule has 0 heterocycles. The van der Waals surface area contributed by atoms with Gasteiger partial charge >= 0.3 is 19.2 Å². The fourth-order valence-electron chi connectivity index (χ4n) is 1.68. The summed E-state index contributed by atoms with van der Waals surface area (Å²) in [6.45, 7) is -6.89. The summed E-state index contributed by atoms with van der Waals surface area (Å²) in [6, 6.07) is 4.81. The number of amides is 1. The lowest BCUT2D eigenvalue weighted by Crippen LogP contribution is -2.29. The fraction of sp³-hybridized carbons (Fsp3) is 0.312. The Morgan fingerprint density at radius 1 is 1.19 bits per heavy atom. The molecule has 0 saturated heterocycles. The lowest BCUT2D eigenvalue weighted by molar-refractivity contribution is -0.143. The Balaban J connectivity index is 2.70. The van der Waals surface area contributed by atoms with Crippen molar-refractivity contribution >= 4 is 18.0 Å². The Kier molecular flexibility index (Phi) is 9.14. The summed E-state index contributed by atoms with van der Waals surface area (Å²) in [5, 5.41) is 10.6. The average Bonchev–Trinajstić information content (AvgIpc) is 2.58. The summed E-state index contributed by atoms with van der Waals surface area (Å²) in [5.41, 5.74) is -0.0349. The van der Waals surface area contributed by atoms with Crippen LogP contribution in [0, 0.1) is 11.3 Å². The van der Waals surface area contributed by atoms with E-state index in [1.165, 1.54) is 0 Å². The number of ether oxygens (including phenoxy) is 3. The molecule has 1 rings (SSSR count). The molecular formula is C16H14F4N2O5. The van der Waals surface area contributed by atoms with Crippen LogP contribution < -0.4 is 14.8 Å². The van der Waals surface area contributed by atoms with Crippen LogP contribution in [0.4, 0.5) is 17.6 Å². The third-order valence-electron chi connectivity index (χ3n) is 2.73. The first-order valence-electron chi connectivity index (χ1n) is 7.34. The molecule has 0 bridgehead atoms. The summed E-state index contributed by atoms with van der Waals surface area (Å²) in [7, 11) is 0. The number of nitriles is 1. The van der Waals surface area contributed by atoms with Crippen molar-refractivity contribution in [3.8, 4) is 17.6 Å². The van der Waals surface area contributed by atoms with Gasteiger partial charge in [-0.15, -0.1) is 0 Å². The van der Waals surface area contributed by atoms with Gasteiger partial charge in [-0.05, 0) is 18.2 Å². The molecule has 0 atom stereocenters. The molecule has 0 saturated carbocycles. The molecule has 0 spiro atoms. The highest BCUT2D eigenvalue weighted by Crippen LogP contribution is 2.28. The van der Waals surface area contributed by atoms with E-state index in [9.17, 15) is 27.2 Å². The molecule has 0 fully saturated rings. The topological polar surface area (TPSA) is 97.7 Å². The predicted octanol–water partition coefficient (Wildman–Crippen LogP) is 2.48. The molecule has 27 heavy (non-hydrogen) atoms. The number of nitrogens with zero attached hydrogens (tertiary/aromatic N) is 1. The van der Waals surface area contributed by atoms with Gasteiger partial charge in [0.15, 0.2) is 6.61 Å². The number of hydrogen-bond acceptors (Lipinski definition) is 6. The minimum Gasteiger partial charge on any atom is -0.452 e. The fourth-order valence-corrected chi connectivity index (χ4v) is 1.68. The molecule has 11 heteroatoms. The summed E-state index contributed by atoms with van der Waals surface area (Å²) in [5.74, 6) is -2.49. The van der Waals surface area contributed by atoms with Crippen LogP contribution in [-0.2, 0) is 14.3 Å². The minimum atomic E-state index is -3.23. The maximum atomic E-state index is 12.4. The normalized spacial score (nSPS) is 10.7. The third kappa shape index (κ3) is 9.10. The van der Waals surface area contributed by atoms with Crippen molar-refractivity contribution in [2.45, 2.75) is 19.6 Å². The van der Waals surface area contributed by atoms with Crippen LogP contribution >= 0.6 is 0 Å². The first kappa shape index (κ1) is 21.8. The van der Waals surface area contributed by atoms with E-state index in [1.807, 2.05) is 6.07 Å². The van der Waals surface area contributed by atoms with E-state index in [-0.39, 0.29) is 18.5 Å². The van der Waals surface area contributed by atoms with E-state index in [4.69, 9.17) is 5.26 Å². The largest absolute Gasteiger partial charge is 0.452 e. The van der Waals surface area contributed by atoms with Crippen molar-refractivity contribution < 1.29 is 41.4 Å². The highest BCUT2D eigenvalue weighted by molar-refractivity contribution is 5.89. The maximum absolute atomic E-state index is 12.4. The molecule has 1 aromatic carbocycles. The SMILES string of the molecule is N#CCCNC(=O)COC(=O)/C=C/c1ccc(OC(F)F)cc1OC(F)F. The van der Waals surface area contributed by atoms with Crippen molar-refractivity contribution in [3.05, 3.63) is 29.8 Å². The molecule has 0 aromatic heterocycles. The Morgan fingerprint density at radius 3 is 2.52 bits per heavy atom. The third-order valence-corrected chi connectivity index (χ3v) is 2.73. The van der Waals surface area contributed by atoms with Gasteiger partial charge in [-0.25, -0.2) is 4.79 Å². The first-order valence-corrected chi connectivity index (χ1v) is 7.34. The number of carbonyl (C=O) groups is 2. The summed E-state index contributed by atoms with van der Waals surface area (Å²) in [4.78, 5) is 22.8. The van der Waals surface area contributed by atoms with Gasteiger partial charge in [0.2, 0.25) is 0 Å². The van der Waals surface area contributed by atoms with E-state index in [1.54, 1.807) is 0 Å². The number of carbonyl (C=O) groups excluding carboxylic acids is 2. The van der Waals surface area contributed by atoms with Crippen molar-refractivity contribution in [1.82, 2.24) is 5.32 Å². The van der Waals surface area contributed by atoms with Crippen LogP contribution in [0.2, 0.25) is 0 Å². The quantitative estimate of drug-likeness (QED) is 0.285. The van der Waals surface area contributed by atoms with Crippen LogP contribution in [-0.4, -0.2) is 38.3 Å². The van der Waals surface area contributed by atoms with Crippen molar-refractivity contribution in [1.29, 1.82) is 5.26 Å². The van der Waals surface area contributed by atoms with Gasteiger partial charge in [-0.2, -0.15) is 22.8 Å². The minimum absolute atomic E-state index is 0.0349. The van der Waals surface area contributed by atoms with Gasteiger partial charge in [0, 0.05) is 24.3 Å². The van der Waals surface area contributed by atoms with Gasteiger partial charge in [0.05, 0.1) is 12.5 Å². The smallest absolute Gasteiger partial charge is 0.387 e. The number of hydrogen-bond donors (Lipinski definition) is 1. The molecule has 0 unspecified atom stereocenters. The van der Waals surface area contributed by atoms with Gasteiger partial charge in [-0.1, -0.05) is 0 Å². The molecule has 146 valence electrons. The van der Waals surface area contributed by atoms with Gasteiger partial charge < -0.3 is 19.5 Å². The molecule has 0 aliphatic rings. The lowest BCUT2D eigenvalue weighted by atomic mass is 10.1. The van der Waals surface area contributed by atoms with Crippen LogP contribution in [0.5, 0.6) is 11.5 Å². The average molecular weight is 390 g/mol. The molecule has 1 amide bonds. The molecule has 1 aromatic rings. The number of alkyl halides is 4. The zero-order chi connectivity index (χ0) is 20.2. The van der Waals surface area contributed by atoms with Gasteiger partial charge in [-0.3, -0.25) is 4.79 Å². The predicted molar refractivity (Wildman–Crippen MR) is 82.9 cm³/mol. The molecule has 1 N–H and O–H groups in total. The highest BCUT2D eigenvalue weighted by Gasteiger charge is 2.13. The van der Waals surface area contributed by atoms with Crippen LogP contribution in [0.25, 0.3) is 6.08 Å². The second-order valence-corrected chi connectivity index (χ2v) is 4.66. The van der Waals surface area contributed by atoms with Crippen molar-refractivity contribution in [2.24, 2.45) is 0 Å². The highest BCUT2D eigenvalue weighted by atomic mass is 19.3. The molecular weight excluding hydrogens is 376 g/mol. The van der Waals surface area contributed by atoms with E-state index in [0.717, 1.165) is 30.4 Å². The number of nitrogens with one attached hydrogen (secondary N) is 1. The standard InChI is InChI=1S/C16H14F4N2O5/c17-15(18)26-11-4-2-10(12(8-11)27-16(19)20)3-5-14(24)25-9-13(23)22-7-1-6-21/h2-5,8,15-16H,1,7,9H2,(H,22,23)/b5-3+. The lowest BCUT2D eigenvalue weighted by Gasteiger charge is -2.11. The Hall–Kier alpha value is -3.29. The molecule has 7 nitrogen and oxygen atoms in total. The van der Waals surface area contributed by atoms with E-state index in [0.29, 0.717) is 0 Å². The Labute approximate surface area is 151 Å². The van der Waals surface area contributed by atoms with Crippen molar-refractivity contribution in [2.75, 3.05) is 13.2 Å². The van der Waals surface area contributed by atoms with Crippen molar-refractivity contribution in [3.63, 3.8) is 0 Å². The Morgan fingerprint density at radius 2 is 1.89 bits per heavy atom. The zero-order valence-electron chi connectivity index (χ0n) is 13.7. The summed E-state index contributed by atoms with van der Waals surface area (Å²) < 4.78 is 62.1. The monoisotopic (exact) mass is 390 g/mol. The molecule has 0 aliphatic carbocycles.